The number of carbonyl (C=O) groups is 1. The van der Waals surface area contributed by atoms with Crippen LogP contribution in [0.25, 0.3) is 11.4 Å². The van der Waals surface area contributed by atoms with E-state index < -0.39 is 20.1 Å². The molecule has 1 aliphatic heterocycles. The fourth-order valence-electron chi connectivity index (χ4n) is 4.71. The van der Waals surface area contributed by atoms with Gasteiger partial charge in [0.05, 0.1) is 37.1 Å². The summed E-state index contributed by atoms with van der Waals surface area (Å²) < 4.78 is 30.6. The molecule has 0 unspecified atom stereocenters. The first kappa shape index (κ1) is 24.9. The van der Waals surface area contributed by atoms with Crippen LogP contribution in [-0.4, -0.2) is 73.2 Å². The molecule has 1 saturated heterocycles. The summed E-state index contributed by atoms with van der Waals surface area (Å²) in [5, 5.41) is 15.0. The minimum Gasteiger partial charge on any atom is -0.394 e. The maximum absolute atomic E-state index is 13.0. The van der Waals surface area contributed by atoms with Gasteiger partial charge in [-0.1, -0.05) is 6.92 Å². The first-order chi connectivity index (χ1) is 17.2. The monoisotopic (exact) mass is 515 g/mol. The van der Waals surface area contributed by atoms with Gasteiger partial charge < -0.3 is 25.4 Å². The molecule has 0 radical (unpaired) electrons. The number of aliphatic hydroxyl groups excluding tert-OH is 1. The molecule has 1 aromatic carbocycles. The van der Waals surface area contributed by atoms with Crippen molar-refractivity contribution in [3.63, 3.8) is 0 Å². The largest absolute Gasteiger partial charge is 0.394 e. The number of carbonyl (C=O) groups excluding carboxylic acids is 1. The standard InChI is InChI=1S/C25H33N5O5S/c1-3-36(33,34)25(10-11-25)20-14-21(30-12-13-35-15-17(30)2)28-22(27-20)18-4-6-19(7-5-18)26-23(32)29-24(16-31)8-9-24/h4-7,14,17,31H,3,8-13,15-16H2,1-2H3,(H2,26,29,32)/t17-/m0/s1. The summed E-state index contributed by atoms with van der Waals surface area (Å²) in [5.41, 5.74) is 1.37. The molecule has 2 saturated carbocycles. The molecule has 1 aromatic heterocycles. The second kappa shape index (κ2) is 9.28. The normalized spacial score (nSPS) is 22.1. The van der Waals surface area contributed by atoms with Crippen LogP contribution in [0.3, 0.4) is 0 Å². The van der Waals surface area contributed by atoms with Crippen molar-refractivity contribution in [2.24, 2.45) is 0 Å². The number of sulfone groups is 1. The number of aromatic nitrogens is 2. The predicted molar refractivity (Wildman–Crippen MR) is 137 cm³/mol. The molecular formula is C25H33N5O5S. The first-order valence-electron chi connectivity index (χ1n) is 12.5. The Bertz CT molecular complexity index is 1240. The highest BCUT2D eigenvalue weighted by atomic mass is 32.2. The number of ether oxygens (including phenoxy) is 1. The molecule has 194 valence electrons. The smallest absolute Gasteiger partial charge is 0.319 e. The summed E-state index contributed by atoms with van der Waals surface area (Å²) in [7, 11) is -3.34. The van der Waals surface area contributed by atoms with Crippen molar-refractivity contribution in [2.75, 3.05) is 42.3 Å². The number of amides is 2. The van der Waals surface area contributed by atoms with E-state index in [1.165, 1.54) is 0 Å². The summed E-state index contributed by atoms with van der Waals surface area (Å²) in [6.45, 7) is 5.48. The van der Waals surface area contributed by atoms with Crippen molar-refractivity contribution >= 4 is 27.4 Å². The van der Waals surface area contributed by atoms with Gasteiger partial charge in [0.15, 0.2) is 15.7 Å². The number of rotatable bonds is 8. The van der Waals surface area contributed by atoms with Gasteiger partial charge >= 0.3 is 6.03 Å². The third kappa shape index (κ3) is 4.67. The number of nitrogens with zero attached hydrogens (tertiary/aromatic N) is 3. The Kier molecular flexibility index (Phi) is 6.42. The second-order valence-corrected chi connectivity index (χ2v) is 12.6. The summed E-state index contributed by atoms with van der Waals surface area (Å²) in [6, 6.07) is 8.72. The van der Waals surface area contributed by atoms with Gasteiger partial charge in [0, 0.05) is 29.6 Å². The number of aliphatic hydroxyl groups is 1. The van der Waals surface area contributed by atoms with E-state index in [0.29, 0.717) is 55.6 Å². The fourth-order valence-corrected chi connectivity index (χ4v) is 6.41. The van der Waals surface area contributed by atoms with Gasteiger partial charge in [-0.05, 0) is 56.9 Å². The molecule has 10 nitrogen and oxygen atoms in total. The van der Waals surface area contributed by atoms with Crippen LogP contribution in [-0.2, 0) is 19.3 Å². The second-order valence-electron chi connectivity index (χ2n) is 10.0. The molecule has 36 heavy (non-hydrogen) atoms. The van der Waals surface area contributed by atoms with Crippen LogP contribution in [0.1, 0.15) is 45.2 Å². The molecule has 3 aliphatic rings. The Morgan fingerprint density at radius 1 is 1.19 bits per heavy atom. The number of urea groups is 1. The minimum absolute atomic E-state index is 0.0651. The molecule has 0 spiro atoms. The van der Waals surface area contributed by atoms with Crippen molar-refractivity contribution in [1.29, 1.82) is 0 Å². The maximum atomic E-state index is 13.0. The van der Waals surface area contributed by atoms with Crippen LogP contribution in [0, 0.1) is 0 Å². The molecule has 0 bridgehead atoms. The lowest BCUT2D eigenvalue weighted by Gasteiger charge is -2.34. The van der Waals surface area contributed by atoms with E-state index in [4.69, 9.17) is 14.7 Å². The number of hydrogen-bond acceptors (Lipinski definition) is 8. The van der Waals surface area contributed by atoms with Crippen LogP contribution >= 0.6 is 0 Å². The van der Waals surface area contributed by atoms with Crippen molar-refractivity contribution in [1.82, 2.24) is 15.3 Å². The molecular weight excluding hydrogens is 482 g/mol. The summed E-state index contributed by atoms with van der Waals surface area (Å²) in [4.78, 5) is 24.0. The average molecular weight is 516 g/mol. The summed E-state index contributed by atoms with van der Waals surface area (Å²) >= 11 is 0. The predicted octanol–water partition coefficient (Wildman–Crippen LogP) is 2.44. The van der Waals surface area contributed by atoms with E-state index in [1.807, 2.05) is 18.2 Å². The fraction of sp³-hybridized carbons (Fsp3) is 0.560. The van der Waals surface area contributed by atoms with Crippen LogP contribution in [0.5, 0.6) is 0 Å². The SMILES string of the molecule is CCS(=O)(=O)C1(c2cc(N3CCOC[C@@H]3C)nc(-c3ccc(NC(=O)NC4(CO)CC4)cc3)n2)CC1. The van der Waals surface area contributed by atoms with E-state index >= 15 is 0 Å². The summed E-state index contributed by atoms with van der Waals surface area (Å²) in [5.74, 6) is 1.21. The van der Waals surface area contributed by atoms with Crippen LogP contribution in [0.4, 0.5) is 16.3 Å². The molecule has 11 heteroatoms. The van der Waals surface area contributed by atoms with Gasteiger partial charge in [0.1, 0.15) is 10.6 Å². The lowest BCUT2D eigenvalue weighted by Crippen LogP contribution is -2.44. The lowest BCUT2D eigenvalue weighted by molar-refractivity contribution is 0.0985. The van der Waals surface area contributed by atoms with Crippen LogP contribution < -0.4 is 15.5 Å². The zero-order valence-corrected chi connectivity index (χ0v) is 21.5. The van der Waals surface area contributed by atoms with Crippen molar-refractivity contribution in [3.8, 4) is 11.4 Å². The lowest BCUT2D eigenvalue weighted by atomic mass is 10.1. The summed E-state index contributed by atoms with van der Waals surface area (Å²) in [6.07, 6.45) is 2.65. The van der Waals surface area contributed by atoms with Crippen molar-refractivity contribution < 1.29 is 23.1 Å². The maximum Gasteiger partial charge on any atom is 0.319 e. The Hall–Kier alpha value is -2.76. The number of nitrogens with one attached hydrogen (secondary N) is 2. The van der Waals surface area contributed by atoms with E-state index in [0.717, 1.165) is 18.4 Å². The van der Waals surface area contributed by atoms with E-state index in [1.54, 1.807) is 19.1 Å². The van der Waals surface area contributed by atoms with E-state index in [2.05, 4.69) is 22.5 Å². The highest BCUT2D eigenvalue weighted by Gasteiger charge is 2.56. The molecule has 2 amide bonds. The third-order valence-corrected chi connectivity index (χ3v) is 10.0. The molecule has 2 aliphatic carbocycles. The molecule has 5 rings (SSSR count). The quantitative estimate of drug-likeness (QED) is 0.488. The third-order valence-electron chi connectivity index (χ3n) is 7.46. The van der Waals surface area contributed by atoms with Gasteiger partial charge in [0.2, 0.25) is 0 Å². The van der Waals surface area contributed by atoms with E-state index in [9.17, 15) is 18.3 Å². The van der Waals surface area contributed by atoms with Crippen molar-refractivity contribution in [2.45, 2.75) is 55.9 Å². The number of hydrogen-bond donors (Lipinski definition) is 3. The minimum atomic E-state index is -3.34. The number of anilines is 2. The molecule has 1 atom stereocenters. The Labute approximate surface area is 211 Å². The molecule has 3 N–H and O–H groups in total. The highest BCUT2D eigenvalue weighted by molar-refractivity contribution is 7.92. The van der Waals surface area contributed by atoms with Gasteiger partial charge in [-0.15, -0.1) is 0 Å². The first-order valence-corrected chi connectivity index (χ1v) is 14.1. The topological polar surface area (TPSA) is 134 Å². The molecule has 2 heterocycles. The van der Waals surface area contributed by atoms with Crippen LogP contribution in [0.15, 0.2) is 30.3 Å². The average Bonchev–Trinajstić information content (AvgIpc) is 3.80. The Morgan fingerprint density at radius 3 is 2.50 bits per heavy atom. The van der Waals surface area contributed by atoms with Gasteiger partial charge in [-0.2, -0.15) is 0 Å². The van der Waals surface area contributed by atoms with Crippen LogP contribution in [0.2, 0.25) is 0 Å². The van der Waals surface area contributed by atoms with Crippen molar-refractivity contribution in [3.05, 3.63) is 36.0 Å². The Morgan fingerprint density at radius 2 is 1.92 bits per heavy atom. The Balaban J connectivity index is 1.45. The molecule has 3 fully saturated rings. The van der Waals surface area contributed by atoms with Gasteiger partial charge in [-0.25, -0.2) is 23.2 Å². The van der Waals surface area contributed by atoms with E-state index in [-0.39, 0.29) is 24.4 Å². The zero-order valence-electron chi connectivity index (χ0n) is 20.7. The highest BCUT2D eigenvalue weighted by Crippen LogP contribution is 2.53. The number of benzene rings is 1. The number of morpholine rings is 1. The van der Waals surface area contributed by atoms with Gasteiger partial charge in [-0.3, -0.25) is 0 Å². The van der Waals surface area contributed by atoms with Gasteiger partial charge in [0.25, 0.3) is 0 Å². The molecule has 2 aromatic rings. The zero-order chi connectivity index (χ0) is 25.6.